The fraction of sp³-hybridized carbons (Fsp3) is 0.357. The molecule has 2 rings (SSSR count). The first kappa shape index (κ1) is 11.9. The van der Waals surface area contributed by atoms with Crippen LogP contribution < -0.4 is 5.73 Å². The number of nitrogens with zero attached hydrogens (tertiary/aromatic N) is 1. The Morgan fingerprint density at radius 2 is 2.00 bits per heavy atom. The molecule has 1 aromatic carbocycles. The summed E-state index contributed by atoms with van der Waals surface area (Å²) >= 11 is 0. The summed E-state index contributed by atoms with van der Waals surface area (Å²) in [6.45, 7) is 2.19. The van der Waals surface area contributed by atoms with Crippen LogP contribution in [-0.2, 0) is 6.42 Å². The number of carbonyl (C=O) groups is 1. The molecule has 0 aromatic heterocycles. The van der Waals surface area contributed by atoms with Crippen molar-refractivity contribution in [3.63, 3.8) is 0 Å². The van der Waals surface area contributed by atoms with Crippen molar-refractivity contribution in [1.29, 1.82) is 0 Å². The number of benzene rings is 1. The van der Waals surface area contributed by atoms with E-state index in [1.54, 1.807) is 0 Å². The highest BCUT2D eigenvalue weighted by atomic mass is 16.2. The molecule has 0 fully saturated rings. The summed E-state index contributed by atoms with van der Waals surface area (Å²) in [4.78, 5) is 14.0. The van der Waals surface area contributed by atoms with Gasteiger partial charge in [-0.3, -0.25) is 4.79 Å². The van der Waals surface area contributed by atoms with Crippen molar-refractivity contribution in [1.82, 2.24) is 4.90 Å². The topological polar surface area (TPSA) is 46.3 Å². The molecular formula is C14H18N2O. The molecule has 1 aliphatic heterocycles. The minimum absolute atomic E-state index is 0.119. The molecule has 0 radical (unpaired) electrons. The zero-order valence-electron chi connectivity index (χ0n) is 9.93. The van der Waals surface area contributed by atoms with Gasteiger partial charge >= 0.3 is 0 Å². The van der Waals surface area contributed by atoms with Crippen LogP contribution >= 0.6 is 0 Å². The Labute approximate surface area is 102 Å². The van der Waals surface area contributed by atoms with E-state index in [1.165, 1.54) is 5.56 Å². The molecule has 1 amide bonds. The van der Waals surface area contributed by atoms with Gasteiger partial charge in [-0.2, -0.15) is 0 Å². The molecule has 2 N–H and O–H groups in total. The van der Waals surface area contributed by atoms with Gasteiger partial charge in [0.25, 0.3) is 5.91 Å². The maximum atomic E-state index is 12.1. The summed E-state index contributed by atoms with van der Waals surface area (Å²) in [5.41, 5.74) is 7.44. The molecule has 1 aliphatic rings. The fourth-order valence-electron chi connectivity index (χ4n) is 1.99. The number of rotatable bonds is 3. The first-order valence-electron chi connectivity index (χ1n) is 6.04. The van der Waals surface area contributed by atoms with Crippen molar-refractivity contribution in [2.45, 2.75) is 12.8 Å². The second kappa shape index (κ2) is 5.64. The largest absolute Gasteiger partial charge is 0.335 e. The van der Waals surface area contributed by atoms with E-state index in [4.69, 9.17) is 5.73 Å². The lowest BCUT2D eigenvalue weighted by Gasteiger charge is -2.23. The van der Waals surface area contributed by atoms with Crippen LogP contribution in [0.3, 0.4) is 0 Å². The average Bonchev–Trinajstić information content (AvgIpc) is 2.40. The van der Waals surface area contributed by atoms with Gasteiger partial charge in [0.05, 0.1) is 0 Å². The van der Waals surface area contributed by atoms with Gasteiger partial charge in [-0.1, -0.05) is 24.3 Å². The molecule has 3 nitrogen and oxygen atoms in total. The second-order valence-electron chi connectivity index (χ2n) is 4.25. The van der Waals surface area contributed by atoms with Gasteiger partial charge in [-0.05, 0) is 37.1 Å². The van der Waals surface area contributed by atoms with Crippen molar-refractivity contribution in [3.05, 3.63) is 47.5 Å². The smallest absolute Gasteiger partial charge is 0.254 e. The van der Waals surface area contributed by atoms with Crippen LogP contribution in [0.5, 0.6) is 0 Å². The van der Waals surface area contributed by atoms with Gasteiger partial charge in [-0.15, -0.1) is 0 Å². The van der Waals surface area contributed by atoms with E-state index in [0.29, 0.717) is 6.54 Å². The van der Waals surface area contributed by atoms with Crippen LogP contribution in [0.1, 0.15) is 22.3 Å². The van der Waals surface area contributed by atoms with E-state index in [9.17, 15) is 4.79 Å². The maximum Gasteiger partial charge on any atom is 0.254 e. The highest BCUT2D eigenvalue weighted by Crippen LogP contribution is 2.10. The van der Waals surface area contributed by atoms with Gasteiger partial charge in [0.1, 0.15) is 0 Å². The molecule has 3 heteroatoms. The first-order chi connectivity index (χ1) is 8.31. The fourth-order valence-corrected chi connectivity index (χ4v) is 1.99. The number of carbonyl (C=O) groups excluding carboxylic acids is 1. The van der Waals surface area contributed by atoms with Crippen LogP contribution in [0.15, 0.2) is 36.4 Å². The van der Waals surface area contributed by atoms with E-state index < -0.39 is 0 Å². The summed E-state index contributed by atoms with van der Waals surface area (Å²) in [5.74, 6) is 0.119. The molecule has 0 saturated carbocycles. The van der Waals surface area contributed by atoms with E-state index in [2.05, 4.69) is 6.08 Å². The third-order valence-electron chi connectivity index (χ3n) is 2.98. The standard InChI is InChI=1S/C14H18N2O/c15-9-8-12-4-6-13(7-5-12)14(17)16-10-2-1-3-11-16/h1-2,4-7H,3,8-11,15H2. The average molecular weight is 230 g/mol. The Kier molecular flexibility index (Phi) is 3.94. The Hall–Kier alpha value is -1.61. The zero-order chi connectivity index (χ0) is 12.1. The summed E-state index contributed by atoms with van der Waals surface area (Å²) in [6, 6.07) is 7.76. The van der Waals surface area contributed by atoms with Crippen molar-refractivity contribution in [2.75, 3.05) is 19.6 Å². The van der Waals surface area contributed by atoms with Crippen molar-refractivity contribution < 1.29 is 4.79 Å². The second-order valence-corrected chi connectivity index (χ2v) is 4.25. The summed E-state index contributed by atoms with van der Waals surface area (Å²) in [7, 11) is 0. The summed E-state index contributed by atoms with van der Waals surface area (Å²) in [5, 5.41) is 0. The third-order valence-corrected chi connectivity index (χ3v) is 2.98. The zero-order valence-corrected chi connectivity index (χ0v) is 9.93. The van der Waals surface area contributed by atoms with Gasteiger partial charge in [0, 0.05) is 18.7 Å². The van der Waals surface area contributed by atoms with Gasteiger partial charge < -0.3 is 10.6 Å². The lowest BCUT2D eigenvalue weighted by atomic mass is 10.1. The Balaban J connectivity index is 2.06. The number of hydrogen-bond acceptors (Lipinski definition) is 2. The van der Waals surface area contributed by atoms with Crippen molar-refractivity contribution in [2.24, 2.45) is 5.73 Å². The van der Waals surface area contributed by atoms with Crippen molar-refractivity contribution >= 4 is 5.91 Å². The predicted octanol–water partition coefficient (Wildman–Crippen LogP) is 1.59. The summed E-state index contributed by atoms with van der Waals surface area (Å²) in [6.07, 6.45) is 5.98. The molecule has 90 valence electrons. The van der Waals surface area contributed by atoms with E-state index in [0.717, 1.165) is 31.5 Å². The molecule has 0 unspecified atom stereocenters. The molecule has 17 heavy (non-hydrogen) atoms. The Morgan fingerprint density at radius 1 is 1.24 bits per heavy atom. The van der Waals surface area contributed by atoms with Gasteiger partial charge in [-0.25, -0.2) is 0 Å². The van der Waals surface area contributed by atoms with Crippen LogP contribution in [0.25, 0.3) is 0 Å². The van der Waals surface area contributed by atoms with Gasteiger partial charge in [0.15, 0.2) is 0 Å². The molecule has 1 aromatic rings. The molecule has 0 spiro atoms. The quantitative estimate of drug-likeness (QED) is 0.801. The predicted molar refractivity (Wildman–Crippen MR) is 68.9 cm³/mol. The van der Waals surface area contributed by atoms with Crippen LogP contribution in [0.2, 0.25) is 0 Å². The van der Waals surface area contributed by atoms with E-state index in [1.807, 2.05) is 35.2 Å². The van der Waals surface area contributed by atoms with Crippen LogP contribution in [0, 0.1) is 0 Å². The van der Waals surface area contributed by atoms with E-state index in [-0.39, 0.29) is 5.91 Å². The highest BCUT2D eigenvalue weighted by Gasteiger charge is 2.15. The van der Waals surface area contributed by atoms with E-state index >= 15 is 0 Å². The normalized spacial score (nSPS) is 15.0. The van der Waals surface area contributed by atoms with Crippen molar-refractivity contribution in [3.8, 4) is 0 Å². The molecule has 0 aliphatic carbocycles. The lowest BCUT2D eigenvalue weighted by Crippen LogP contribution is -2.33. The van der Waals surface area contributed by atoms with Crippen LogP contribution in [-0.4, -0.2) is 30.4 Å². The minimum Gasteiger partial charge on any atom is -0.335 e. The molecule has 1 heterocycles. The Bertz CT molecular complexity index is 409. The molecular weight excluding hydrogens is 212 g/mol. The first-order valence-corrected chi connectivity index (χ1v) is 6.04. The lowest BCUT2D eigenvalue weighted by molar-refractivity contribution is 0.0771. The maximum absolute atomic E-state index is 12.1. The monoisotopic (exact) mass is 230 g/mol. The third kappa shape index (κ3) is 2.94. The number of nitrogens with two attached hydrogens (primary N) is 1. The molecule has 0 saturated heterocycles. The number of amides is 1. The highest BCUT2D eigenvalue weighted by molar-refractivity contribution is 5.94. The van der Waals surface area contributed by atoms with Gasteiger partial charge in [0.2, 0.25) is 0 Å². The SMILES string of the molecule is NCCc1ccc(C(=O)N2CC=CCC2)cc1. The molecule has 0 atom stereocenters. The van der Waals surface area contributed by atoms with Crippen LogP contribution in [0.4, 0.5) is 0 Å². The minimum atomic E-state index is 0.119. The number of hydrogen-bond donors (Lipinski definition) is 1. The molecule has 0 bridgehead atoms. The summed E-state index contributed by atoms with van der Waals surface area (Å²) < 4.78 is 0. The Morgan fingerprint density at radius 3 is 2.59 bits per heavy atom.